The van der Waals surface area contributed by atoms with E-state index < -0.39 is 0 Å². The summed E-state index contributed by atoms with van der Waals surface area (Å²) in [5, 5.41) is 1.57. The minimum atomic E-state index is 0.533. The fourth-order valence-corrected chi connectivity index (χ4v) is 3.02. The summed E-state index contributed by atoms with van der Waals surface area (Å²) >= 11 is 12.1. The maximum atomic E-state index is 6.17. The zero-order valence-electron chi connectivity index (χ0n) is 16.0. The van der Waals surface area contributed by atoms with E-state index in [1.165, 1.54) is 5.56 Å². The third-order valence-corrected chi connectivity index (χ3v) is 5.12. The topological polar surface area (TPSA) is 18.5 Å². The minimum Gasteiger partial charge on any atom is -0.491 e. The van der Waals surface area contributed by atoms with Crippen LogP contribution in [0.4, 0.5) is 0 Å². The number of quaternary nitrogens is 1. The van der Waals surface area contributed by atoms with Crippen molar-refractivity contribution in [1.82, 2.24) is 0 Å². The lowest BCUT2D eigenvalue weighted by atomic mass is 10.1. The summed E-state index contributed by atoms with van der Waals surface area (Å²) in [6.45, 7) is 7.65. The molecule has 0 aromatic heterocycles. The summed E-state index contributed by atoms with van der Waals surface area (Å²) in [5.41, 5.74) is 3.34. The predicted molar refractivity (Wildman–Crippen MR) is 109 cm³/mol. The third-order valence-electron chi connectivity index (χ3n) is 4.27. The quantitative estimate of drug-likeness (QED) is 0.423. The molecule has 0 spiro atoms. The van der Waals surface area contributed by atoms with Gasteiger partial charge in [0.25, 0.3) is 0 Å². The van der Waals surface area contributed by atoms with Crippen molar-refractivity contribution < 1.29 is 14.0 Å². The molecule has 0 heterocycles. The zero-order chi connectivity index (χ0) is 19.2. The van der Waals surface area contributed by atoms with Gasteiger partial charge in [-0.2, -0.15) is 0 Å². The Morgan fingerprint density at radius 1 is 0.885 bits per heavy atom. The molecule has 5 heteroatoms. The molecule has 0 bridgehead atoms. The fourth-order valence-electron chi connectivity index (χ4n) is 2.78. The van der Waals surface area contributed by atoms with Crippen molar-refractivity contribution >= 4 is 23.2 Å². The van der Waals surface area contributed by atoms with Crippen LogP contribution < -0.4 is 4.74 Å². The highest BCUT2D eigenvalue weighted by atomic mass is 35.5. The second kappa shape index (κ2) is 9.61. The summed E-state index contributed by atoms with van der Waals surface area (Å²) in [6.07, 6.45) is 0. The number of hydrogen-bond donors (Lipinski definition) is 0. The van der Waals surface area contributed by atoms with E-state index in [1.54, 1.807) is 0 Å². The molecule has 0 aliphatic rings. The fraction of sp³-hybridized carbons (Fsp3) is 0.429. The molecule has 26 heavy (non-hydrogen) atoms. The maximum Gasteiger partial charge on any atom is 0.120 e. The van der Waals surface area contributed by atoms with Crippen LogP contribution in [-0.4, -0.2) is 44.9 Å². The number of rotatable bonds is 9. The molecule has 2 rings (SSSR count). The Hall–Kier alpha value is -1.26. The number of nitrogens with zero attached hydrogens (tertiary/aromatic N) is 1. The second-order valence-corrected chi connectivity index (χ2v) is 8.09. The van der Waals surface area contributed by atoms with Crippen LogP contribution in [0.15, 0.2) is 36.4 Å². The van der Waals surface area contributed by atoms with Gasteiger partial charge in [0.2, 0.25) is 0 Å². The smallest absolute Gasteiger partial charge is 0.120 e. The largest absolute Gasteiger partial charge is 0.491 e. The molecule has 2 aromatic rings. The standard InChI is InChI=1S/C21H28Cl2NO2/c1-16-13-20(14-17(2)21(16)23)26-12-11-25-10-9-24(3,4)15-18-5-7-19(22)8-6-18/h5-8,13-14H,9-12,15H2,1-4H3/q+1. The van der Waals surface area contributed by atoms with Crippen molar-refractivity contribution in [2.24, 2.45) is 0 Å². The predicted octanol–water partition coefficient (Wildman–Crippen LogP) is 5.28. The van der Waals surface area contributed by atoms with Gasteiger partial charge >= 0.3 is 0 Å². The molecular formula is C21H28Cl2NO2+. The van der Waals surface area contributed by atoms with Gasteiger partial charge in [-0.05, 0) is 49.2 Å². The van der Waals surface area contributed by atoms with Crippen LogP contribution in [0.1, 0.15) is 16.7 Å². The van der Waals surface area contributed by atoms with Gasteiger partial charge in [-0.25, -0.2) is 0 Å². The van der Waals surface area contributed by atoms with E-state index in [2.05, 4.69) is 26.2 Å². The van der Waals surface area contributed by atoms with Crippen molar-refractivity contribution in [3.8, 4) is 5.75 Å². The Bertz CT molecular complexity index is 691. The molecular weight excluding hydrogens is 369 g/mol. The normalized spacial score (nSPS) is 11.6. The summed E-state index contributed by atoms with van der Waals surface area (Å²) in [4.78, 5) is 0. The molecule has 0 saturated heterocycles. The van der Waals surface area contributed by atoms with Crippen LogP contribution in [-0.2, 0) is 11.3 Å². The van der Waals surface area contributed by atoms with E-state index in [1.807, 2.05) is 38.1 Å². The van der Waals surface area contributed by atoms with Gasteiger partial charge in [0.05, 0.1) is 27.3 Å². The summed E-state index contributed by atoms with van der Waals surface area (Å²) < 4.78 is 12.4. The third kappa shape index (κ3) is 6.81. The van der Waals surface area contributed by atoms with E-state index >= 15 is 0 Å². The monoisotopic (exact) mass is 396 g/mol. The molecule has 0 fully saturated rings. The number of hydrogen-bond acceptors (Lipinski definition) is 2. The van der Waals surface area contributed by atoms with Crippen LogP contribution in [0.2, 0.25) is 10.0 Å². The zero-order valence-corrected chi connectivity index (χ0v) is 17.5. The van der Waals surface area contributed by atoms with Crippen molar-refractivity contribution in [1.29, 1.82) is 0 Å². The van der Waals surface area contributed by atoms with Crippen LogP contribution in [0.5, 0.6) is 5.75 Å². The molecule has 0 unspecified atom stereocenters. The number of likely N-dealkylation sites (N-methyl/N-ethyl adjacent to an activating group) is 1. The van der Waals surface area contributed by atoms with Gasteiger partial charge in [0.15, 0.2) is 0 Å². The highest BCUT2D eigenvalue weighted by molar-refractivity contribution is 6.32. The van der Waals surface area contributed by atoms with Crippen molar-refractivity contribution in [3.63, 3.8) is 0 Å². The van der Waals surface area contributed by atoms with Crippen LogP contribution in [0.25, 0.3) is 0 Å². The van der Waals surface area contributed by atoms with Crippen LogP contribution >= 0.6 is 23.2 Å². The number of ether oxygens (including phenoxy) is 2. The molecule has 0 saturated carbocycles. The molecule has 0 amide bonds. The van der Waals surface area contributed by atoms with Crippen LogP contribution in [0, 0.1) is 13.8 Å². The first-order valence-corrected chi connectivity index (χ1v) is 9.56. The highest BCUT2D eigenvalue weighted by Gasteiger charge is 2.15. The Morgan fingerprint density at radius 3 is 2.12 bits per heavy atom. The van der Waals surface area contributed by atoms with Crippen molar-refractivity contribution in [3.05, 3.63) is 63.1 Å². The molecule has 2 aromatic carbocycles. The summed E-state index contributed by atoms with van der Waals surface area (Å²) in [5.74, 6) is 0.840. The highest BCUT2D eigenvalue weighted by Crippen LogP contribution is 2.25. The van der Waals surface area contributed by atoms with E-state index in [-0.39, 0.29) is 0 Å². The molecule has 0 radical (unpaired) electrons. The molecule has 0 N–H and O–H groups in total. The van der Waals surface area contributed by atoms with Gasteiger partial charge in [0, 0.05) is 15.6 Å². The molecule has 0 aliphatic carbocycles. The average molecular weight is 397 g/mol. The van der Waals surface area contributed by atoms with E-state index in [0.29, 0.717) is 19.8 Å². The van der Waals surface area contributed by atoms with Gasteiger partial charge in [-0.3, -0.25) is 0 Å². The van der Waals surface area contributed by atoms with Gasteiger partial charge < -0.3 is 14.0 Å². The van der Waals surface area contributed by atoms with Gasteiger partial charge in [0.1, 0.15) is 25.4 Å². The van der Waals surface area contributed by atoms with Crippen LogP contribution in [0.3, 0.4) is 0 Å². The maximum absolute atomic E-state index is 6.17. The number of aryl methyl sites for hydroxylation is 2. The average Bonchev–Trinajstić information content (AvgIpc) is 2.57. The first kappa shape index (κ1) is 21.0. The Morgan fingerprint density at radius 2 is 1.50 bits per heavy atom. The Kier molecular flexibility index (Phi) is 7.78. The molecule has 0 aliphatic heterocycles. The van der Waals surface area contributed by atoms with Crippen molar-refractivity contribution in [2.75, 3.05) is 40.5 Å². The summed E-state index contributed by atoms with van der Waals surface area (Å²) in [6, 6.07) is 11.9. The Balaban J connectivity index is 1.67. The lowest BCUT2D eigenvalue weighted by Gasteiger charge is -2.29. The van der Waals surface area contributed by atoms with E-state index in [0.717, 1.165) is 44.5 Å². The van der Waals surface area contributed by atoms with Gasteiger partial charge in [-0.1, -0.05) is 35.3 Å². The first-order valence-electron chi connectivity index (χ1n) is 8.80. The molecule has 142 valence electrons. The first-order chi connectivity index (χ1) is 12.3. The summed E-state index contributed by atoms with van der Waals surface area (Å²) in [7, 11) is 4.40. The lowest BCUT2D eigenvalue weighted by molar-refractivity contribution is -0.904. The minimum absolute atomic E-state index is 0.533. The molecule has 0 atom stereocenters. The SMILES string of the molecule is Cc1cc(OCCOCC[N+](C)(C)Cc2ccc(Cl)cc2)cc(C)c1Cl. The van der Waals surface area contributed by atoms with Gasteiger partial charge in [-0.15, -0.1) is 0 Å². The Labute approximate surface area is 167 Å². The lowest BCUT2D eigenvalue weighted by Crippen LogP contribution is -2.41. The second-order valence-electron chi connectivity index (χ2n) is 7.28. The number of halogens is 2. The molecule has 3 nitrogen and oxygen atoms in total. The van der Waals surface area contributed by atoms with E-state index in [4.69, 9.17) is 32.7 Å². The van der Waals surface area contributed by atoms with Crippen molar-refractivity contribution in [2.45, 2.75) is 20.4 Å². The van der Waals surface area contributed by atoms with E-state index in [9.17, 15) is 0 Å². The number of benzene rings is 2.